The van der Waals surface area contributed by atoms with E-state index in [1.807, 2.05) is 18.3 Å². The summed E-state index contributed by atoms with van der Waals surface area (Å²) in [6, 6.07) is 14.1. The van der Waals surface area contributed by atoms with Crippen molar-refractivity contribution in [3.8, 4) is 11.3 Å². The summed E-state index contributed by atoms with van der Waals surface area (Å²) in [4.78, 5) is 4.47. The quantitative estimate of drug-likeness (QED) is 0.408. The molecule has 2 aromatic rings. The molecule has 3 rings (SSSR count). The van der Waals surface area contributed by atoms with Gasteiger partial charge < -0.3 is 4.98 Å². The fourth-order valence-electron chi connectivity index (χ4n) is 3.52. The van der Waals surface area contributed by atoms with Crippen LogP contribution < -0.4 is 0 Å². The van der Waals surface area contributed by atoms with Gasteiger partial charge in [-0.05, 0) is 29.0 Å². The molecule has 1 nitrogen and oxygen atoms in total. The fourth-order valence-corrected chi connectivity index (χ4v) is 3.52. The third kappa shape index (κ3) is 3.19. The zero-order chi connectivity index (χ0) is 15.1. The minimum absolute atomic E-state index is 0. The second-order valence-corrected chi connectivity index (χ2v) is 7.51. The van der Waals surface area contributed by atoms with Gasteiger partial charge in [0.15, 0.2) is 0 Å². The molecule has 0 fully saturated rings. The predicted octanol–water partition coefficient (Wildman–Crippen LogP) is 5.29. The van der Waals surface area contributed by atoms with E-state index in [0.717, 1.165) is 11.3 Å². The first kappa shape index (κ1) is 17.4. The van der Waals surface area contributed by atoms with Crippen molar-refractivity contribution in [2.24, 2.45) is 0 Å². The van der Waals surface area contributed by atoms with Gasteiger partial charge in [-0.15, -0.1) is 34.9 Å². The standard InChI is InChI=1S/C20H24N.Ir/c1-19(2)11-7-12-20(3,4)17-14-15(9-10-16(17)19)18-8-5-6-13-21-18;/h5-6,8,10,13-14H,7,11-12H2,1-4H3;/q-1;. The van der Waals surface area contributed by atoms with Gasteiger partial charge in [-0.25, -0.2) is 0 Å². The van der Waals surface area contributed by atoms with E-state index in [0.29, 0.717) is 0 Å². The van der Waals surface area contributed by atoms with Crippen LogP contribution in [0.3, 0.4) is 0 Å². The van der Waals surface area contributed by atoms with Crippen LogP contribution in [0.2, 0.25) is 0 Å². The van der Waals surface area contributed by atoms with Gasteiger partial charge in [0.05, 0.1) is 0 Å². The maximum absolute atomic E-state index is 4.47. The molecular weight excluding hydrogens is 446 g/mol. The molecule has 0 bridgehead atoms. The van der Waals surface area contributed by atoms with E-state index < -0.39 is 0 Å². The van der Waals surface area contributed by atoms with Crippen molar-refractivity contribution in [3.05, 3.63) is 53.7 Å². The molecular formula is C20H24IrN-. The van der Waals surface area contributed by atoms with E-state index >= 15 is 0 Å². The summed E-state index contributed by atoms with van der Waals surface area (Å²) in [7, 11) is 0. The van der Waals surface area contributed by atoms with Crippen molar-refractivity contribution in [1.29, 1.82) is 0 Å². The van der Waals surface area contributed by atoms with Crippen LogP contribution in [-0.4, -0.2) is 4.98 Å². The molecule has 119 valence electrons. The van der Waals surface area contributed by atoms with E-state index in [9.17, 15) is 0 Å². The minimum Gasteiger partial charge on any atom is -0.305 e. The zero-order valence-electron chi connectivity index (χ0n) is 13.9. The van der Waals surface area contributed by atoms with Crippen molar-refractivity contribution >= 4 is 0 Å². The molecule has 1 aromatic carbocycles. The summed E-state index contributed by atoms with van der Waals surface area (Å²) < 4.78 is 0. The molecule has 1 aromatic heterocycles. The number of fused-ring (bicyclic) bond motifs is 1. The fraction of sp³-hybridized carbons (Fsp3) is 0.450. The van der Waals surface area contributed by atoms with Gasteiger partial charge in [0, 0.05) is 26.3 Å². The normalized spacial score (nSPS) is 18.7. The van der Waals surface area contributed by atoms with Crippen molar-refractivity contribution in [2.45, 2.75) is 57.8 Å². The smallest absolute Gasteiger partial charge is 0.0160 e. The number of aromatic nitrogens is 1. The Bertz CT molecular complexity index is 644. The van der Waals surface area contributed by atoms with Crippen molar-refractivity contribution in [3.63, 3.8) is 0 Å². The van der Waals surface area contributed by atoms with Gasteiger partial charge in [-0.2, -0.15) is 0 Å². The Balaban J connectivity index is 0.00000176. The van der Waals surface area contributed by atoms with Crippen molar-refractivity contribution in [2.75, 3.05) is 0 Å². The first-order valence-electron chi connectivity index (χ1n) is 7.88. The van der Waals surface area contributed by atoms with E-state index in [1.54, 1.807) is 0 Å². The summed E-state index contributed by atoms with van der Waals surface area (Å²) in [5.41, 5.74) is 5.52. The number of benzene rings is 1. The van der Waals surface area contributed by atoms with Crippen LogP contribution in [0, 0.1) is 6.07 Å². The van der Waals surface area contributed by atoms with Crippen LogP contribution in [0.5, 0.6) is 0 Å². The number of hydrogen-bond donors (Lipinski definition) is 0. The van der Waals surface area contributed by atoms with Crippen LogP contribution >= 0.6 is 0 Å². The van der Waals surface area contributed by atoms with E-state index in [-0.39, 0.29) is 30.9 Å². The third-order valence-electron chi connectivity index (χ3n) is 4.95. The van der Waals surface area contributed by atoms with Gasteiger partial charge in [0.2, 0.25) is 0 Å². The number of nitrogens with zero attached hydrogens (tertiary/aromatic N) is 1. The van der Waals surface area contributed by atoms with Gasteiger partial charge in [0.1, 0.15) is 0 Å². The Hall–Kier alpha value is -0.981. The first-order chi connectivity index (χ1) is 9.90. The molecule has 0 atom stereocenters. The number of rotatable bonds is 1. The van der Waals surface area contributed by atoms with Crippen molar-refractivity contribution in [1.82, 2.24) is 4.98 Å². The van der Waals surface area contributed by atoms with Gasteiger partial charge >= 0.3 is 0 Å². The maximum Gasteiger partial charge on any atom is 0.0160 e. The Kier molecular flexibility index (Phi) is 4.94. The second kappa shape index (κ2) is 6.26. The summed E-state index contributed by atoms with van der Waals surface area (Å²) in [5, 5.41) is 0. The maximum atomic E-state index is 4.47. The van der Waals surface area contributed by atoms with Crippen molar-refractivity contribution < 1.29 is 20.1 Å². The number of pyridine rings is 1. The van der Waals surface area contributed by atoms with E-state index in [4.69, 9.17) is 0 Å². The van der Waals surface area contributed by atoms with Crippen LogP contribution in [0.15, 0.2) is 36.5 Å². The largest absolute Gasteiger partial charge is 0.305 e. The van der Waals surface area contributed by atoms with Crippen LogP contribution in [0.4, 0.5) is 0 Å². The molecule has 0 N–H and O–H groups in total. The average Bonchev–Trinajstić information content (AvgIpc) is 2.55. The first-order valence-corrected chi connectivity index (χ1v) is 7.88. The van der Waals surface area contributed by atoms with E-state index in [2.05, 4.69) is 56.9 Å². The topological polar surface area (TPSA) is 12.9 Å². The molecule has 1 heterocycles. The molecule has 0 saturated heterocycles. The molecule has 0 unspecified atom stereocenters. The minimum atomic E-state index is 0. The van der Waals surface area contributed by atoms with Crippen LogP contribution in [0.25, 0.3) is 11.3 Å². The van der Waals surface area contributed by atoms with Crippen LogP contribution in [-0.2, 0) is 30.9 Å². The van der Waals surface area contributed by atoms with Gasteiger partial charge in [-0.1, -0.05) is 52.7 Å². The summed E-state index contributed by atoms with van der Waals surface area (Å²) in [6.45, 7) is 9.47. The third-order valence-corrected chi connectivity index (χ3v) is 4.95. The predicted molar refractivity (Wildman–Crippen MR) is 88.4 cm³/mol. The molecule has 1 aliphatic carbocycles. The Morgan fingerprint density at radius 2 is 1.68 bits per heavy atom. The average molecular weight is 471 g/mol. The Morgan fingerprint density at radius 3 is 2.32 bits per heavy atom. The Morgan fingerprint density at radius 1 is 1.00 bits per heavy atom. The molecule has 2 heteroatoms. The number of hydrogen-bond acceptors (Lipinski definition) is 1. The molecule has 0 amide bonds. The SMILES string of the molecule is CC1(C)CCCC(C)(C)c2cc(-c3ccccn3)[c-]cc21.[Ir]. The monoisotopic (exact) mass is 471 g/mol. The second-order valence-electron chi connectivity index (χ2n) is 7.51. The van der Waals surface area contributed by atoms with Gasteiger partial charge in [0.25, 0.3) is 0 Å². The molecule has 0 aliphatic heterocycles. The van der Waals surface area contributed by atoms with Crippen LogP contribution in [0.1, 0.15) is 58.1 Å². The summed E-state index contributed by atoms with van der Waals surface area (Å²) >= 11 is 0. The summed E-state index contributed by atoms with van der Waals surface area (Å²) in [5.74, 6) is 0. The van der Waals surface area contributed by atoms with E-state index in [1.165, 1.54) is 30.4 Å². The zero-order valence-corrected chi connectivity index (χ0v) is 16.3. The molecule has 1 radical (unpaired) electrons. The molecule has 0 spiro atoms. The van der Waals surface area contributed by atoms with Gasteiger partial charge in [-0.3, -0.25) is 0 Å². The summed E-state index contributed by atoms with van der Waals surface area (Å²) in [6.07, 6.45) is 5.63. The molecule has 0 saturated carbocycles. The Labute approximate surface area is 147 Å². The molecule has 22 heavy (non-hydrogen) atoms. The molecule has 1 aliphatic rings.